The monoisotopic (exact) mass is 360 g/mol. The van der Waals surface area contributed by atoms with Gasteiger partial charge in [0.05, 0.1) is 11.9 Å². The Morgan fingerprint density at radius 1 is 1.08 bits per heavy atom. The number of ether oxygens (including phenoxy) is 1. The number of rotatable bonds is 4. The molecule has 2 N–H and O–H groups in total. The molecule has 2 heterocycles. The normalized spacial score (nSPS) is 11.2. The predicted molar refractivity (Wildman–Crippen MR) is 86.2 cm³/mol. The fraction of sp³-hybridized carbons (Fsp3) is 0.0588. The van der Waals surface area contributed by atoms with Gasteiger partial charge in [0, 0.05) is 23.5 Å². The van der Waals surface area contributed by atoms with E-state index in [0.29, 0.717) is 0 Å². The summed E-state index contributed by atoms with van der Waals surface area (Å²) in [6.07, 6.45) is -0.872. The van der Waals surface area contributed by atoms with E-state index in [1.54, 1.807) is 6.07 Å². The minimum atomic E-state index is -4.87. The van der Waals surface area contributed by atoms with E-state index in [9.17, 15) is 18.0 Å². The zero-order chi connectivity index (χ0) is 18.7. The van der Waals surface area contributed by atoms with Crippen LogP contribution in [0.2, 0.25) is 0 Å². The van der Waals surface area contributed by atoms with E-state index in [2.05, 4.69) is 19.7 Å². The standard InChI is InChI=1S/C17H11F3N4O2/c18-17(19,20)26-13-6-2-1-5-11(13)12-9-23-16(21)14(24-12)15(25)10-4-3-7-22-8-10/h1-9H,(H2,21,23). The second-order valence-corrected chi connectivity index (χ2v) is 5.10. The molecule has 132 valence electrons. The van der Waals surface area contributed by atoms with Crippen LogP contribution in [-0.2, 0) is 0 Å². The number of nitrogen functional groups attached to an aromatic ring is 1. The van der Waals surface area contributed by atoms with Crippen LogP contribution in [0.25, 0.3) is 11.3 Å². The first-order valence-electron chi connectivity index (χ1n) is 7.27. The van der Waals surface area contributed by atoms with Gasteiger partial charge >= 0.3 is 6.36 Å². The highest BCUT2D eigenvalue weighted by Gasteiger charge is 2.32. The van der Waals surface area contributed by atoms with E-state index in [1.165, 1.54) is 42.9 Å². The molecule has 0 fully saturated rings. The summed E-state index contributed by atoms with van der Waals surface area (Å²) < 4.78 is 41.8. The van der Waals surface area contributed by atoms with Gasteiger partial charge in [0.1, 0.15) is 5.75 Å². The Morgan fingerprint density at radius 3 is 2.54 bits per heavy atom. The van der Waals surface area contributed by atoms with Crippen molar-refractivity contribution in [3.05, 3.63) is 66.2 Å². The number of nitrogens with zero attached hydrogens (tertiary/aromatic N) is 3. The molecule has 3 rings (SSSR count). The molecule has 6 nitrogen and oxygen atoms in total. The first-order chi connectivity index (χ1) is 12.3. The van der Waals surface area contributed by atoms with Gasteiger partial charge in [0.25, 0.3) is 0 Å². The molecule has 2 aromatic heterocycles. The molecule has 0 saturated heterocycles. The number of carbonyl (C=O) groups is 1. The van der Waals surface area contributed by atoms with Crippen LogP contribution in [0, 0.1) is 0 Å². The SMILES string of the molecule is Nc1ncc(-c2ccccc2OC(F)(F)F)nc1C(=O)c1cccnc1. The smallest absolute Gasteiger partial charge is 0.405 e. The van der Waals surface area contributed by atoms with Gasteiger partial charge in [0.15, 0.2) is 11.5 Å². The van der Waals surface area contributed by atoms with Crippen LogP contribution in [0.3, 0.4) is 0 Å². The second-order valence-electron chi connectivity index (χ2n) is 5.10. The largest absolute Gasteiger partial charge is 0.573 e. The van der Waals surface area contributed by atoms with E-state index >= 15 is 0 Å². The van der Waals surface area contributed by atoms with Gasteiger partial charge in [0.2, 0.25) is 5.78 Å². The Bertz CT molecular complexity index is 946. The van der Waals surface area contributed by atoms with Crippen LogP contribution in [0.4, 0.5) is 19.0 Å². The van der Waals surface area contributed by atoms with Gasteiger partial charge in [-0.05, 0) is 24.3 Å². The maximum Gasteiger partial charge on any atom is 0.573 e. The molecule has 0 unspecified atom stereocenters. The minimum absolute atomic E-state index is 0.0197. The number of para-hydroxylation sites is 1. The Kier molecular flexibility index (Phi) is 4.53. The molecular weight excluding hydrogens is 349 g/mol. The van der Waals surface area contributed by atoms with Crippen molar-refractivity contribution >= 4 is 11.6 Å². The fourth-order valence-corrected chi connectivity index (χ4v) is 2.22. The van der Waals surface area contributed by atoms with Crippen molar-refractivity contribution in [1.82, 2.24) is 15.0 Å². The van der Waals surface area contributed by atoms with Crippen molar-refractivity contribution < 1.29 is 22.7 Å². The third-order valence-electron chi connectivity index (χ3n) is 3.33. The second kappa shape index (κ2) is 6.79. The van der Waals surface area contributed by atoms with E-state index in [1.807, 2.05) is 0 Å². The van der Waals surface area contributed by atoms with Gasteiger partial charge in [-0.2, -0.15) is 0 Å². The van der Waals surface area contributed by atoms with Gasteiger partial charge in [-0.25, -0.2) is 9.97 Å². The van der Waals surface area contributed by atoms with Gasteiger partial charge in [-0.1, -0.05) is 12.1 Å². The number of benzene rings is 1. The summed E-state index contributed by atoms with van der Waals surface area (Å²) in [6, 6.07) is 8.50. The average Bonchev–Trinajstić information content (AvgIpc) is 2.62. The van der Waals surface area contributed by atoms with Crippen LogP contribution in [0.5, 0.6) is 5.75 Å². The van der Waals surface area contributed by atoms with Gasteiger partial charge < -0.3 is 10.5 Å². The van der Waals surface area contributed by atoms with E-state index in [0.717, 1.165) is 6.07 Å². The molecule has 0 amide bonds. The van der Waals surface area contributed by atoms with Gasteiger partial charge in [-0.3, -0.25) is 9.78 Å². The first-order valence-corrected chi connectivity index (χ1v) is 7.27. The van der Waals surface area contributed by atoms with E-state index in [4.69, 9.17) is 5.73 Å². The number of alkyl halides is 3. The lowest BCUT2D eigenvalue weighted by Gasteiger charge is -2.13. The molecule has 0 saturated carbocycles. The lowest BCUT2D eigenvalue weighted by atomic mass is 10.1. The molecule has 0 atom stereocenters. The Morgan fingerprint density at radius 2 is 1.85 bits per heavy atom. The molecular formula is C17H11F3N4O2. The molecule has 26 heavy (non-hydrogen) atoms. The predicted octanol–water partition coefficient (Wildman–Crippen LogP) is 3.25. The lowest BCUT2D eigenvalue weighted by molar-refractivity contribution is -0.274. The number of ketones is 1. The molecule has 0 radical (unpaired) electrons. The molecule has 3 aromatic rings. The molecule has 0 bridgehead atoms. The highest BCUT2D eigenvalue weighted by atomic mass is 19.4. The third-order valence-corrected chi connectivity index (χ3v) is 3.33. The minimum Gasteiger partial charge on any atom is -0.405 e. The summed E-state index contributed by atoms with van der Waals surface area (Å²) in [5.74, 6) is -1.14. The maximum absolute atomic E-state index is 12.6. The quantitative estimate of drug-likeness (QED) is 0.718. The Labute approximate surface area is 145 Å². The summed E-state index contributed by atoms with van der Waals surface area (Å²) in [4.78, 5) is 24.3. The number of aromatic nitrogens is 3. The zero-order valence-electron chi connectivity index (χ0n) is 13.1. The number of pyridine rings is 1. The number of halogens is 3. The average molecular weight is 360 g/mol. The lowest BCUT2D eigenvalue weighted by Crippen LogP contribution is -2.18. The summed E-state index contributed by atoms with van der Waals surface area (Å²) in [6.45, 7) is 0. The summed E-state index contributed by atoms with van der Waals surface area (Å²) >= 11 is 0. The number of carbonyl (C=O) groups excluding carboxylic acids is 1. The topological polar surface area (TPSA) is 91.0 Å². The molecule has 0 aliphatic heterocycles. The third kappa shape index (κ3) is 3.77. The van der Waals surface area contributed by atoms with Crippen LogP contribution in [0.15, 0.2) is 55.0 Å². The molecule has 0 spiro atoms. The van der Waals surface area contributed by atoms with Crippen LogP contribution in [-0.4, -0.2) is 27.1 Å². The van der Waals surface area contributed by atoms with Crippen molar-refractivity contribution in [3.63, 3.8) is 0 Å². The van der Waals surface area contributed by atoms with Crippen molar-refractivity contribution in [2.75, 3.05) is 5.73 Å². The number of nitrogens with two attached hydrogens (primary N) is 1. The van der Waals surface area contributed by atoms with Crippen molar-refractivity contribution in [1.29, 1.82) is 0 Å². The van der Waals surface area contributed by atoms with Crippen LogP contribution < -0.4 is 10.5 Å². The Balaban J connectivity index is 2.05. The van der Waals surface area contributed by atoms with Crippen LogP contribution >= 0.6 is 0 Å². The van der Waals surface area contributed by atoms with Crippen molar-refractivity contribution in [2.24, 2.45) is 0 Å². The molecule has 9 heteroatoms. The fourth-order valence-electron chi connectivity index (χ4n) is 2.22. The zero-order valence-corrected chi connectivity index (χ0v) is 13.1. The number of hydrogen-bond acceptors (Lipinski definition) is 6. The van der Waals surface area contributed by atoms with E-state index in [-0.39, 0.29) is 28.3 Å². The van der Waals surface area contributed by atoms with Crippen molar-refractivity contribution in [3.8, 4) is 17.0 Å². The maximum atomic E-state index is 12.6. The molecule has 0 aliphatic rings. The first kappa shape index (κ1) is 17.3. The highest BCUT2D eigenvalue weighted by molar-refractivity contribution is 6.10. The summed E-state index contributed by atoms with van der Waals surface area (Å²) in [5, 5.41) is 0. The molecule has 1 aromatic carbocycles. The number of anilines is 1. The van der Waals surface area contributed by atoms with E-state index < -0.39 is 17.9 Å². The highest BCUT2D eigenvalue weighted by Crippen LogP contribution is 2.33. The summed E-state index contributed by atoms with van der Waals surface area (Å²) in [7, 11) is 0. The van der Waals surface area contributed by atoms with Gasteiger partial charge in [-0.15, -0.1) is 13.2 Å². The number of hydrogen-bond donors (Lipinski definition) is 1. The Hall–Kier alpha value is -3.49. The molecule has 0 aliphatic carbocycles. The van der Waals surface area contributed by atoms with Crippen LogP contribution in [0.1, 0.15) is 16.1 Å². The van der Waals surface area contributed by atoms with Crippen molar-refractivity contribution in [2.45, 2.75) is 6.36 Å². The summed E-state index contributed by atoms with van der Waals surface area (Å²) in [5.41, 5.74) is 5.81.